The molecule has 0 unspecified atom stereocenters. The molecule has 0 aliphatic carbocycles. The van der Waals surface area contributed by atoms with E-state index in [2.05, 4.69) is 13.7 Å². The summed E-state index contributed by atoms with van der Waals surface area (Å²) in [5, 5.41) is 0. The maximum Gasteiger partial charge on any atom is 0.509 e. The van der Waals surface area contributed by atoms with Crippen LogP contribution in [0.2, 0.25) is 0 Å². The molecular weight excluding hydrogens is 216 g/mol. The van der Waals surface area contributed by atoms with Gasteiger partial charge in [0.15, 0.2) is 6.61 Å². The Morgan fingerprint density at radius 1 is 1.36 bits per heavy atom. The summed E-state index contributed by atoms with van der Waals surface area (Å²) in [6.45, 7) is -1.11. The lowest BCUT2D eigenvalue weighted by Gasteiger charge is -2.02. The third-order valence-electron chi connectivity index (χ3n) is 0.809. The van der Waals surface area contributed by atoms with Gasteiger partial charge in [0.05, 0.1) is 0 Å². The Labute approximate surface area is 80.9 Å². The molecule has 1 N–H and O–H groups in total. The molecule has 0 atom stereocenters. The van der Waals surface area contributed by atoms with Gasteiger partial charge in [0, 0.05) is 0 Å². The lowest BCUT2D eigenvalue weighted by Crippen LogP contribution is -2.14. The first kappa shape index (κ1) is 12.7. The molecule has 0 spiro atoms. The van der Waals surface area contributed by atoms with Crippen molar-refractivity contribution in [3.05, 3.63) is 0 Å². The van der Waals surface area contributed by atoms with E-state index in [-0.39, 0.29) is 13.2 Å². The molecule has 14 heavy (non-hydrogen) atoms. The van der Waals surface area contributed by atoms with E-state index in [4.69, 9.17) is 11.0 Å². The molecule has 0 heterocycles. The van der Waals surface area contributed by atoms with Gasteiger partial charge in [-0.05, 0) is 0 Å². The minimum absolute atomic E-state index is 0.238. The van der Waals surface area contributed by atoms with Gasteiger partial charge in [0.25, 0.3) is 0 Å². The number of rotatable bonds is 5. The van der Waals surface area contributed by atoms with Crippen molar-refractivity contribution in [2.75, 3.05) is 19.8 Å². The Morgan fingerprint density at radius 2 is 2.00 bits per heavy atom. The Hall–Kier alpha value is -1.30. The summed E-state index contributed by atoms with van der Waals surface area (Å²) < 4.78 is 40.4. The quantitative estimate of drug-likeness (QED) is 0.293. The normalized spacial score (nSPS) is 10.3. The Balaban J connectivity index is 3.47. The fourth-order valence-corrected chi connectivity index (χ4v) is 0.685. The van der Waals surface area contributed by atoms with Crippen molar-refractivity contribution in [3.8, 4) is 12.3 Å². The second-order valence-corrected chi connectivity index (χ2v) is 2.93. The van der Waals surface area contributed by atoms with Gasteiger partial charge in [-0.1, -0.05) is 5.92 Å². The largest absolute Gasteiger partial charge is 0.509 e. The highest BCUT2D eigenvalue weighted by molar-refractivity contribution is 7.80. The highest BCUT2D eigenvalue weighted by Gasteiger charge is 2.06. The van der Waals surface area contributed by atoms with E-state index in [0.717, 1.165) is 0 Å². The molecular formula is C6H8O7S. The average molecular weight is 224 g/mol. The predicted molar refractivity (Wildman–Crippen MR) is 43.6 cm³/mol. The van der Waals surface area contributed by atoms with Crippen molar-refractivity contribution in [1.29, 1.82) is 0 Å². The van der Waals surface area contributed by atoms with Gasteiger partial charge in [0.2, 0.25) is 0 Å². The first-order chi connectivity index (χ1) is 6.45. The van der Waals surface area contributed by atoms with Crippen LogP contribution < -0.4 is 0 Å². The highest BCUT2D eigenvalue weighted by atomic mass is 32.3. The predicted octanol–water partition coefficient (Wildman–Crippen LogP) is -0.408. The summed E-state index contributed by atoms with van der Waals surface area (Å²) in [6.07, 6.45) is 3.73. The van der Waals surface area contributed by atoms with Crippen LogP contribution in [-0.2, 0) is 24.1 Å². The van der Waals surface area contributed by atoms with E-state index >= 15 is 0 Å². The van der Waals surface area contributed by atoms with Crippen molar-refractivity contribution >= 4 is 16.6 Å². The van der Waals surface area contributed by atoms with Crippen LogP contribution in [0, 0.1) is 12.3 Å². The summed E-state index contributed by atoms with van der Waals surface area (Å²) in [6, 6.07) is 0. The molecule has 0 amide bonds. The fraction of sp³-hybridized carbons (Fsp3) is 0.500. The summed E-state index contributed by atoms with van der Waals surface area (Å²) >= 11 is 0. The minimum atomic E-state index is -4.50. The molecule has 0 aliphatic heterocycles. The molecule has 0 saturated carbocycles. The molecule has 0 aromatic carbocycles. The Morgan fingerprint density at radius 3 is 2.50 bits per heavy atom. The maximum atomic E-state index is 10.5. The maximum absolute atomic E-state index is 10.5. The number of ether oxygens (including phenoxy) is 2. The zero-order valence-electron chi connectivity index (χ0n) is 7.00. The molecule has 0 aliphatic rings. The zero-order chi connectivity index (χ0) is 11.0. The van der Waals surface area contributed by atoms with E-state index in [1.54, 1.807) is 0 Å². The molecule has 0 aromatic heterocycles. The molecule has 8 heteroatoms. The molecule has 0 fully saturated rings. The van der Waals surface area contributed by atoms with Gasteiger partial charge in [-0.2, -0.15) is 8.42 Å². The SMILES string of the molecule is C#CCOC(=O)OCCOS(=O)(=O)O. The van der Waals surface area contributed by atoms with Crippen LogP contribution in [-0.4, -0.2) is 38.9 Å². The van der Waals surface area contributed by atoms with Crippen LogP contribution in [0.3, 0.4) is 0 Å². The summed E-state index contributed by atoms with van der Waals surface area (Å²) in [7, 11) is -4.50. The van der Waals surface area contributed by atoms with E-state index in [1.165, 1.54) is 0 Å². The van der Waals surface area contributed by atoms with Gasteiger partial charge in [-0.15, -0.1) is 6.42 Å². The van der Waals surface area contributed by atoms with Crippen molar-refractivity contribution < 1.29 is 31.4 Å². The monoisotopic (exact) mass is 224 g/mol. The standard InChI is InChI=1S/C6H8O7S/c1-2-3-11-6(7)12-4-5-13-14(8,9)10/h1H,3-5H2,(H,8,9,10). The first-order valence-corrected chi connectivity index (χ1v) is 4.67. The van der Waals surface area contributed by atoms with Crippen LogP contribution in [0.25, 0.3) is 0 Å². The van der Waals surface area contributed by atoms with Crippen LogP contribution in [0.5, 0.6) is 0 Å². The smallest absolute Gasteiger partial charge is 0.432 e. The fourth-order valence-electron chi connectivity index (χ4n) is 0.407. The van der Waals surface area contributed by atoms with Gasteiger partial charge in [0.1, 0.15) is 13.2 Å². The second kappa shape index (κ2) is 6.20. The van der Waals surface area contributed by atoms with Crippen molar-refractivity contribution in [3.63, 3.8) is 0 Å². The van der Waals surface area contributed by atoms with Crippen LogP contribution in [0.1, 0.15) is 0 Å². The minimum Gasteiger partial charge on any atom is -0.432 e. The highest BCUT2D eigenvalue weighted by Crippen LogP contribution is 1.88. The van der Waals surface area contributed by atoms with Gasteiger partial charge < -0.3 is 9.47 Å². The number of carbonyl (C=O) groups is 1. The summed E-state index contributed by atoms with van der Waals surface area (Å²) in [4.78, 5) is 10.5. The molecule has 7 nitrogen and oxygen atoms in total. The van der Waals surface area contributed by atoms with E-state index < -0.39 is 23.2 Å². The molecule has 0 saturated heterocycles. The lowest BCUT2D eigenvalue weighted by atomic mass is 10.7. The van der Waals surface area contributed by atoms with E-state index in [9.17, 15) is 13.2 Å². The topological polar surface area (TPSA) is 99.1 Å². The Bertz CT molecular complexity index is 312. The third-order valence-corrected chi connectivity index (χ3v) is 1.27. The Kier molecular flexibility index (Phi) is 5.62. The van der Waals surface area contributed by atoms with Gasteiger partial charge in [-0.25, -0.2) is 8.98 Å². The van der Waals surface area contributed by atoms with E-state index in [0.29, 0.717) is 0 Å². The number of hydrogen-bond donors (Lipinski definition) is 1. The number of carbonyl (C=O) groups excluding carboxylic acids is 1. The first-order valence-electron chi connectivity index (χ1n) is 3.30. The van der Waals surface area contributed by atoms with Crippen molar-refractivity contribution in [1.82, 2.24) is 0 Å². The van der Waals surface area contributed by atoms with Gasteiger partial charge >= 0.3 is 16.6 Å². The summed E-state index contributed by atoms with van der Waals surface area (Å²) in [5.41, 5.74) is 0. The van der Waals surface area contributed by atoms with E-state index in [1.807, 2.05) is 5.92 Å². The lowest BCUT2D eigenvalue weighted by molar-refractivity contribution is 0.0535. The van der Waals surface area contributed by atoms with Crippen LogP contribution >= 0.6 is 0 Å². The summed E-state index contributed by atoms with van der Waals surface area (Å²) in [5.74, 6) is 2.02. The van der Waals surface area contributed by atoms with Crippen molar-refractivity contribution in [2.24, 2.45) is 0 Å². The third kappa shape index (κ3) is 8.79. The van der Waals surface area contributed by atoms with Crippen LogP contribution in [0.15, 0.2) is 0 Å². The average Bonchev–Trinajstić information content (AvgIpc) is 2.07. The molecule has 0 bridgehead atoms. The molecule has 0 rings (SSSR count). The van der Waals surface area contributed by atoms with Gasteiger partial charge in [-0.3, -0.25) is 4.55 Å². The second-order valence-electron chi connectivity index (χ2n) is 1.84. The van der Waals surface area contributed by atoms with Crippen molar-refractivity contribution in [2.45, 2.75) is 0 Å². The molecule has 0 radical (unpaired) electrons. The van der Waals surface area contributed by atoms with Crippen LogP contribution in [0.4, 0.5) is 4.79 Å². The number of terminal acetylenes is 1. The number of hydrogen-bond acceptors (Lipinski definition) is 6. The molecule has 80 valence electrons. The zero-order valence-corrected chi connectivity index (χ0v) is 7.82. The molecule has 0 aromatic rings.